The van der Waals surface area contributed by atoms with Gasteiger partial charge in [-0.25, -0.2) is 0 Å². The van der Waals surface area contributed by atoms with Gasteiger partial charge in [0.05, 0.1) is 0 Å². The Morgan fingerprint density at radius 3 is 2.43 bits per heavy atom. The summed E-state index contributed by atoms with van der Waals surface area (Å²) in [7, 11) is 0. The molecule has 1 heteroatoms. The molecule has 0 aromatic rings. The molecule has 0 aliphatic heterocycles. The van der Waals surface area contributed by atoms with Gasteiger partial charge in [0.25, 0.3) is 0 Å². The van der Waals surface area contributed by atoms with Crippen LogP contribution in [0.4, 0.5) is 0 Å². The van der Waals surface area contributed by atoms with Crippen molar-refractivity contribution in [2.75, 3.05) is 0 Å². The molecule has 0 spiro atoms. The molecule has 0 aromatic heterocycles. The zero-order valence-corrected chi connectivity index (χ0v) is 9.94. The van der Waals surface area contributed by atoms with Crippen LogP contribution >= 0.6 is 0 Å². The molecule has 0 radical (unpaired) electrons. The first-order valence-corrected chi connectivity index (χ1v) is 5.31. The summed E-state index contributed by atoms with van der Waals surface area (Å²) < 4.78 is 0. The smallest absolute Gasteiger partial charge is 0.0282 e. The second kappa shape index (κ2) is 3.72. The zero-order valence-electron chi connectivity index (χ0n) is 9.94. The van der Waals surface area contributed by atoms with Crippen molar-refractivity contribution < 1.29 is 0 Å². The summed E-state index contributed by atoms with van der Waals surface area (Å²) >= 11 is 0. The quantitative estimate of drug-likeness (QED) is 0.515. The molecular formula is C13H21N. The highest BCUT2D eigenvalue weighted by molar-refractivity contribution is 5.91. The van der Waals surface area contributed by atoms with E-state index in [2.05, 4.69) is 33.8 Å². The van der Waals surface area contributed by atoms with Gasteiger partial charge in [-0.3, -0.25) is 0 Å². The van der Waals surface area contributed by atoms with Crippen LogP contribution in [0.5, 0.6) is 0 Å². The van der Waals surface area contributed by atoms with Crippen LogP contribution in [0.1, 0.15) is 41.0 Å². The third kappa shape index (κ3) is 2.34. The fourth-order valence-corrected chi connectivity index (χ4v) is 1.86. The predicted octanol–water partition coefficient (Wildman–Crippen LogP) is 3.96. The van der Waals surface area contributed by atoms with Gasteiger partial charge in [0.2, 0.25) is 0 Å². The number of allylic oxidation sites excluding steroid dienone is 4. The molecule has 1 rings (SSSR count). The summed E-state index contributed by atoms with van der Waals surface area (Å²) in [5, 5.41) is 7.44. The second-order valence-electron chi connectivity index (χ2n) is 4.96. The number of hydrogen-bond acceptors (Lipinski definition) is 1. The lowest BCUT2D eigenvalue weighted by molar-refractivity contribution is 0.716. The number of rotatable bonds is 3. The first kappa shape index (κ1) is 11.2. The normalized spacial score (nSPS) is 29.9. The van der Waals surface area contributed by atoms with E-state index in [1.807, 2.05) is 13.0 Å². The molecule has 1 aliphatic rings. The molecule has 0 heterocycles. The van der Waals surface area contributed by atoms with Crippen molar-refractivity contribution in [1.29, 1.82) is 5.41 Å². The summed E-state index contributed by atoms with van der Waals surface area (Å²) in [4.78, 5) is 0. The topological polar surface area (TPSA) is 23.9 Å². The highest BCUT2D eigenvalue weighted by Gasteiger charge is 2.45. The SMILES string of the molecule is CC(=N)/C=C(/C)C1(C)C/C1=C\C(C)C. The minimum Gasteiger partial charge on any atom is -0.306 e. The van der Waals surface area contributed by atoms with Gasteiger partial charge in [-0.2, -0.15) is 0 Å². The lowest BCUT2D eigenvalue weighted by Gasteiger charge is -2.08. The fraction of sp³-hybridized carbons (Fsp3) is 0.615. The van der Waals surface area contributed by atoms with E-state index in [0.717, 1.165) is 0 Å². The fourth-order valence-electron chi connectivity index (χ4n) is 1.86. The highest BCUT2D eigenvalue weighted by Crippen LogP contribution is 2.57. The Morgan fingerprint density at radius 1 is 1.43 bits per heavy atom. The molecule has 14 heavy (non-hydrogen) atoms. The molecule has 1 N–H and O–H groups in total. The molecule has 78 valence electrons. The highest BCUT2D eigenvalue weighted by atomic mass is 14.5. The van der Waals surface area contributed by atoms with Crippen LogP contribution < -0.4 is 0 Å². The third-order valence-electron chi connectivity index (χ3n) is 2.97. The maximum absolute atomic E-state index is 7.44. The average Bonchev–Trinajstić information content (AvgIpc) is 2.60. The van der Waals surface area contributed by atoms with Crippen molar-refractivity contribution in [3.63, 3.8) is 0 Å². The van der Waals surface area contributed by atoms with E-state index in [1.165, 1.54) is 12.0 Å². The van der Waals surface area contributed by atoms with Crippen LogP contribution in [0.3, 0.4) is 0 Å². The van der Waals surface area contributed by atoms with E-state index < -0.39 is 0 Å². The van der Waals surface area contributed by atoms with E-state index in [9.17, 15) is 0 Å². The second-order valence-corrected chi connectivity index (χ2v) is 4.96. The molecular weight excluding hydrogens is 170 g/mol. The van der Waals surface area contributed by atoms with Crippen LogP contribution in [-0.2, 0) is 0 Å². The average molecular weight is 191 g/mol. The molecule has 0 bridgehead atoms. The van der Waals surface area contributed by atoms with Crippen molar-refractivity contribution in [1.82, 2.24) is 0 Å². The van der Waals surface area contributed by atoms with E-state index in [4.69, 9.17) is 5.41 Å². The Balaban J connectivity index is 2.78. The molecule has 0 saturated heterocycles. The first-order valence-electron chi connectivity index (χ1n) is 5.31. The van der Waals surface area contributed by atoms with Crippen LogP contribution in [-0.4, -0.2) is 5.71 Å². The standard InChI is InChI=1S/C13H21N/c1-9(2)6-12-8-13(12,5)10(3)7-11(4)14/h6-7,9,14H,8H2,1-5H3/b10-7-,12-6+,14-11?. The van der Waals surface area contributed by atoms with Gasteiger partial charge < -0.3 is 5.41 Å². The van der Waals surface area contributed by atoms with E-state index in [-0.39, 0.29) is 5.41 Å². The van der Waals surface area contributed by atoms with Gasteiger partial charge in [-0.1, -0.05) is 38.0 Å². The Morgan fingerprint density at radius 2 is 2.00 bits per heavy atom. The molecule has 1 fully saturated rings. The van der Waals surface area contributed by atoms with E-state index in [1.54, 1.807) is 5.57 Å². The van der Waals surface area contributed by atoms with Crippen molar-refractivity contribution in [2.45, 2.75) is 41.0 Å². The van der Waals surface area contributed by atoms with Gasteiger partial charge in [-0.15, -0.1) is 0 Å². The minimum absolute atomic E-state index is 0.270. The summed E-state index contributed by atoms with van der Waals surface area (Å²) in [6.07, 6.45) is 5.53. The summed E-state index contributed by atoms with van der Waals surface area (Å²) in [6.45, 7) is 10.7. The van der Waals surface area contributed by atoms with Crippen LogP contribution in [0.2, 0.25) is 0 Å². The van der Waals surface area contributed by atoms with Crippen molar-refractivity contribution in [3.8, 4) is 0 Å². The molecule has 1 atom stereocenters. The lowest BCUT2D eigenvalue weighted by atomic mass is 9.96. The van der Waals surface area contributed by atoms with E-state index in [0.29, 0.717) is 11.6 Å². The molecule has 0 amide bonds. The molecule has 0 aromatic carbocycles. The van der Waals surface area contributed by atoms with Crippen LogP contribution in [0.25, 0.3) is 0 Å². The maximum atomic E-state index is 7.44. The number of hydrogen-bond donors (Lipinski definition) is 1. The van der Waals surface area contributed by atoms with Gasteiger partial charge >= 0.3 is 0 Å². The Kier molecular flexibility index (Phi) is 2.98. The largest absolute Gasteiger partial charge is 0.306 e. The first-order chi connectivity index (χ1) is 6.36. The Labute approximate surface area is 87.4 Å². The predicted molar refractivity (Wildman–Crippen MR) is 62.8 cm³/mol. The summed E-state index contributed by atoms with van der Waals surface area (Å²) in [6, 6.07) is 0. The lowest BCUT2D eigenvalue weighted by Crippen LogP contribution is -1.98. The Bertz CT molecular complexity index is 307. The molecule has 1 nitrogen and oxygen atoms in total. The van der Waals surface area contributed by atoms with Crippen LogP contribution in [0, 0.1) is 16.7 Å². The minimum atomic E-state index is 0.270. The molecule has 1 saturated carbocycles. The van der Waals surface area contributed by atoms with Gasteiger partial charge in [0.1, 0.15) is 0 Å². The van der Waals surface area contributed by atoms with Crippen molar-refractivity contribution in [2.24, 2.45) is 11.3 Å². The Hall–Kier alpha value is -0.850. The zero-order chi connectivity index (χ0) is 10.9. The summed E-state index contributed by atoms with van der Waals surface area (Å²) in [5.74, 6) is 0.640. The molecule has 1 unspecified atom stereocenters. The molecule has 1 aliphatic carbocycles. The monoisotopic (exact) mass is 191 g/mol. The van der Waals surface area contributed by atoms with Gasteiger partial charge in [0, 0.05) is 11.1 Å². The maximum Gasteiger partial charge on any atom is 0.0282 e. The third-order valence-corrected chi connectivity index (χ3v) is 2.97. The van der Waals surface area contributed by atoms with Gasteiger partial charge in [0.15, 0.2) is 0 Å². The van der Waals surface area contributed by atoms with Crippen LogP contribution in [0.15, 0.2) is 23.3 Å². The van der Waals surface area contributed by atoms with Gasteiger partial charge in [-0.05, 0) is 32.3 Å². The van der Waals surface area contributed by atoms with Crippen molar-refractivity contribution >= 4 is 5.71 Å². The summed E-state index contributed by atoms with van der Waals surface area (Å²) in [5.41, 5.74) is 3.80. The van der Waals surface area contributed by atoms with E-state index >= 15 is 0 Å². The number of nitrogens with one attached hydrogen (secondary N) is 1. The van der Waals surface area contributed by atoms with Crippen molar-refractivity contribution in [3.05, 3.63) is 23.3 Å².